The maximum atomic E-state index is 13.1. The van der Waals surface area contributed by atoms with Crippen molar-refractivity contribution in [1.29, 1.82) is 0 Å². The number of rotatable bonds is 3. The minimum Gasteiger partial charge on any atom is -0.495 e. The molecule has 0 fully saturated rings. The van der Waals surface area contributed by atoms with Gasteiger partial charge in [0.25, 0.3) is 10.0 Å². The van der Waals surface area contributed by atoms with Gasteiger partial charge in [0.1, 0.15) is 10.6 Å². The summed E-state index contributed by atoms with van der Waals surface area (Å²) in [6.45, 7) is 3.86. The highest BCUT2D eigenvalue weighted by molar-refractivity contribution is 7.93. The van der Waals surface area contributed by atoms with E-state index >= 15 is 0 Å². The van der Waals surface area contributed by atoms with Gasteiger partial charge >= 0.3 is 0 Å². The molecule has 5 nitrogen and oxygen atoms in total. The summed E-state index contributed by atoms with van der Waals surface area (Å²) >= 11 is 0. The molecule has 0 spiro atoms. The second-order valence-electron chi connectivity index (χ2n) is 5.95. The normalized spacial score (nSPS) is 16.4. The highest BCUT2D eigenvalue weighted by atomic mass is 32.2. The Morgan fingerprint density at radius 3 is 2.68 bits per heavy atom. The number of hydrogen-bond acceptors (Lipinski definition) is 4. The summed E-state index contributed by atoms with van der Waals surface area (Å²) in [6, 6.07) is 9.09. The highest BCUT2D eigenvalue weighted by Crippen LogP contribution is 2.42. The van der Waals surface area contributed by atoms with Crippen LogP contribution in [0.5, 0.6) is 5.75 Å². The Bertz CT molecular complexity index is 816. The second kappa shape index (κ2) is 4.98. The maximum absolute atomic E-state index is 13.1. The predicted molar refractivity (Wildman–Crippen MR) is 84.7 cm³/mol. The summed E-state index contributed by atoms with van der Waals surface area (Å²) in [7, 11) is -2.21. The van der Waals surface area contributed by atoms with Crippen molar-refractivity contribution >= 4 is 15.7 Å². The number of benzene rings is 1. The molecular formula is C16H18N2O3S. The molecule has 1 aromatic heterocycles. The minimum absolute atomic E-state index is 0.136. The third-order valence-corrected chi connectivity index (χ3v) is 5.84. The van der Waals surface area contributed by atoms with Gasteiger partial charge in [0.2, 0.25) is 0 Å². The van der Waals surface area contributed by atoms with Crippen molar-refractivity contribution in [3.05, 3.63) is 48.3 Å². The molecule has 0 bridgehead atoms. The van der Waals surface area contributed by atoms with Crippen molar-refractivity contribution in [2.24, 2.45) is 0 Å². The first kappa shape index (κ1) is 14.8. The average Bonchev–Trinajstić information content (AvgIpc) is 2.77. The van der Waals surface area contributed by atoms with Gasteiger partial charge in [-0.05, 0) is 31.9 Å². The summed E-state index contributed by atoms with van der Waals surface area (Å²) in [6.07, 6.45) is 3.52. The van der Waals surface area contributed by atoms with Gasteiger partial charge in [0.05, 0.1) is 24.5 Å². The molecule has 1 aromatic carbocycles. The topological polar surface area (TPSA) is 59.5 Å². The molecule has 0 aliphatic carbocycles. The Hall–Kier alpha value is -2.08. The van der Waals surface area contributed by atoms with E-state index in [1.807, 2.05) is 38.1 Å². The van der Waals surface area contributed by atoms with Gasteiger partial charge in [-0.3, -0.25) is 9.29 Å². The minimum atomic E-state index is -3.70. The number of methoxy groups -OCH3 is 1. The smallest absolute Gasteiger partial charge is 0.266 e. The number of sulfonamides is 1. The summed E-state index contributed by atoms with van der Waals surface area (Å²) in [5.41, 5.74) is 1.24. The number of hydrogen-bond donors (Lipinski definition) is 0. The van der Waals surface area contributed by atoms with Gasteiger partial charge in [-0.1, -0.05) is 18.2 Å². The molecule has 0 N–H and O–H groups in total. The van der Waals surface area contributed by atoms with Gasteiger partial charge in [-0.15, -0.1) is 0 Å². The molecule has 0 radical (unpaired) electrons. The molecular weight excluding hydrogens is 300 g/mol. The fraction of sp³-hybridized carbons (Fsp3) is 0.312. The van der Waals surface area contributed by atoms with Crippen molar-refractivity contribution < 1.29 is 13.2 Å². The molecule has 116 valence electrons. The van der Waals surface area contributed by atoms with Gasteiger partial charge in [0.15, 0.2) is 0 Å². The van der Waals surface area contributed by atoms with Crippen LogP contribution >= 0.6 is 0 Å². The van der Waals surface area contributed by atoms with Crippen LogP contribution in [0, 0.1) is 0 Å². The summed E-state index contributed by atoms with van der Waals surface area (Å²) in [5.74, 6) is 0.423. The zero-order valence-corrected chi connectivity index (χ0v) is 13.6. The molecule has 0 atom stereocenters. The number of anilines is 1. The van der Waals surface area contributed by atoms with E-state index in [0.717, 1.165) is 11.3 Å². The number of aromatic nitrogens is 1. The van der Waals surface area contributed by atoms with Crippen LogP contribution in [0.4, 0.5) is 5.69 Å². The van der Waals surface area contributed by atoms with Crippen molar-refractivity contribution in [3.8, 4) is 5.75 Å². The fourth-order valence-corrected chi connectivity index (χ4v) is 4.76. The van der Waals surface area contributed by atoms with Gasteiger partial charge in [-0.25, -0.2) is 8.42 Å². The molecule has 1 aliphatic rings. The van der Waals surface area contributed by atoms with Gasteiger partial charge in [0, 0.05) is 12.3 Å². The molecule has 2 aromatic rings. The van der Waals surface area contributed by atoms with Crippen molar-refractivity contribution in [2.75, 3.05) is 11.4 Å². The summed E-state index contributed by atoms with van der Waals surface area (Å²) in [5, 5.41) is 0. The Labute approximate surface area is 130 Å². The molecule has 2 heterocycles. The number of para-hydroxylation sites is 1. The van der Waals surface area contributed by atoms with E-state index in [-0.39, 0.29) is 4.90 Å². The van der Waals surface area contributed by atoms with E-state index in [0.29, 0.717) is 12.2 Å². The molecule has 1 aliphatic heterocycles. The Morgan fingerprint density at radius 1 is 1.23 bits per heavy atom. The van der Waals surface area contributed by atoms with Crippen LogP contribution in [0.25, 0.3) is 0 Å². The van der Waals surface area contributed by atoms with E-state index < -0.39 is 15.6 Å². The molecule has 0 saturated heterocycles. The van der Waals surface area contributed by atoms with Crippen molar-refractivity contribution in [2.45, 2.75) is 30.7 Å². The molecule has 0 amide bonds. The Kier molecular flexibility index (Phi) is 3.36. The monoisotopic (exact) mass is 318 g/mol. The fourth-order valence-electron chi connectivity index (χ4n) is 2.93. The predicted octanol–water partition coefficient (Wildman–Crippen LogP) is 2.62. The van der Waals surface area contributed by atoms with Crippen LogP contribution in [-0.2, 0) is 16.4 Å². The first-order chi connectivity index (χ1) is 10.4. The SMILES string of the molecule is COc1cncc(S(=O)(=O)N2c3ccccc3CC2(C)C)c1. The molecule has 0 unspecified atom stereocenters. The van der Waals surface area contributed by atoms with Crippen molar-refractivity contribution in [1.82, 2.24) is 4.98 Å². The van der Waals surface area contributed by atoms with E-state index in [1.54, 1.807) is 0 Å². The van der Waals surface area contributed by atoms with Crippen LogP contribution in [0.15, 0.2) is 47.6 Å². The van der Waals surface area contributed by atoms with Crippen molar-refractivity contribution in [3.63, 3.8) is 0 Å². The van der Waals surface area contributed by atoms with Gasteiger partial charge in [-0.2, -0.15) is 0 Å². The van der Waals surface area contributed by atoms with Crippen LogP contribution in [0.1, 0.15) is 19.4 Å². The molecule has 22 heavy (non-hydrogen) atoms. The lowest BCUT2D eigenvalue weighted by atomic mass is 10.0. The Morgan fingerprint density at radius 2 is 1.95 bits per heavy atom. The number of ether oxygens (including phenoxy) is 1. The van der Waals surface area contributed by atoms with E-state index in [4.69, 9.17) is 4.74 Å². The number of fused-ring (bicyclic) bond motifs is 1. The highest BCUT2D eigenvalue weighted by Gasteiger charge is 2.43. The molecule has 3 rings (SSSR count). The zero-order chi connectivity index (χ0) is 16.0. The van der Waals surface area contributed by atoms with Crippen LogP contribution in [-0.4, -0.2) is 26.1 Å². The van der Waals surface area contributed by atoms with Crippen LogP contribution in [0.3, 0.4) is 0 Å². The maximum Gasteiger partial charge on any atom is 0.266 e. The lowest BCUT2D eigenvalue weighted by molar-refractivity contribution is 0.411. The third kappa shape index (κ3) is 2.23. The Balaban J connectivity index is 2.16. The standard InChI is InChI=1S/C16H18N2O3S/c1-16(2)9-12-6-4-5-7-15(12)18(16)22(19,20)14-8-13(21-3)10-17-11-14/h4-8,10-11H,9H2,1-3H3. The van der Waals surface area contributed by atoms with E-state index in [9.17, 15) is 8.42 Å². The molecule has 0 saturated carbocycles. The number of pyridine rings is 1. The molecule has 6 heteroatoms. The largest absolute Gasteiger partial charge is 0.495 e. The lowest BCUT2D eigenvalue weighted by Gasteiger charge is -2.33. The lowest BCUT2D eigenvalue weighted by Crippen LogP contribution is -2.45. The van der Waals surface area contributed by atoms with Crippen LogP contribution < -0.4 is 9.04 Å². The number of nitrogens with zero attached hydrogens (tertiary/aromatic N) is 2. The summed E-state index contributed by atoms with van der Waals surface area (Å²) in [4.78, 5) is 4.10. The zero-order valence-electron chi connectivity index (χ0n) is 12.8. The average molecular weight is 318 g/mol. The van der Waals surface area contributed by atoms with Gasteiger partial charge < -0.3 is 4.74 Å². The van der Waals surface area contributed by atoms with Crippen LogP contribution in [0.2, 0.25) is 0 Å². The van der Waals surface area contributed by atoms with E-state index in [2.05, 4.69) is 4.98 Å². The second-order valence-corrected chi connectivity index (χ2v) is 7.73. The van der Waals surface area contributed by atoms with E-state index in [1.165, 1.54) is 29.9 Å². The third-order valence-electron chi connectivity index (χ3n) is 3.85. The quantitative estimate of drug-likeness (QED) is 0.873. The first-order valence-corrected chi connectivity index (χ1v) is 8.43. The first-order valence-electron chi connectivity index (χ1n) is 6.99. The summed E-state index contributed by atoms with van der Waals surface area (Å²) < 4.78 is 32.8.